The summed E-state index contributed by atoms with van der Waals surface area (Å²) in [6.45, 7) is 0.171. The lowest BCUT2D eigenvalue weighted by molar-refractivity contribution is -0.152. The van der Waals surface area contributed by atoms with Crippen molar-refractivity contribution in [1.82, 2.24) is 10.2 Å². The maximum absolute atomic E-state index is 12.8. The molecule has 2 aromatic carbocycles. The number of hydrogen-bond donors (Lipinski definition) is 2. The smallest absolute Gasteiger partial charge is 0.407 e. The molecule has 0 unspecified atom stereocenters. The van der Waals surface area contributed by atoms with Crippen molar-refractivity contribution in [2.75, 3.05) is 6.61 Å². The van der Waals surface area contributed by atoms with E-state index in [2.05, 4.69) is 17.4 Å². The van der Waals surface area contributed by atoms with Gasteiger partial charge in [-0.3, -0.25) is 4.79 Å². The number of carboxylic acid groups (broad SMARTS) is 1. The van der Waals surface area contributed by atoms with Crippen LogP contribution in [0.2, 0.25) is 0 Å². The Morgan fingerprint density at radius 3 is 2.23 bits per heavy atom. The van der Waals surface area contributed by atoms with Crippen LogP contribution in [0.25, 0.3) is 11.1 Å². The molecular weight excluding hydrogens is 396 g/mol. The largest absolute Gasteiger partial charge is 0.480 e. The normalized spacial score (nSPS) is 24.3. The van der Waals surface area contributed by atoms with Gasteiger partial charge in [0.2, 0.25) is 5.91 Å². The van der Waals surface area contributed by atoms with Crippen molar-refractivity contribution in [3.8, 4) is 11.1 Å². The Balaban J connectivity index is 1.25. The molecule has 2 N–H and O–H groups in total. The second-order valence-electron chi connectivity index (χ2n) is 8.43. The fourth-order valence-corrected chi connectivity index (χ4v) is 5.32. The molecule has 1 aliphatic carbocycles. The monoisotopic (exact) mass is 420 g/mol. The van der Waals surface area contributed by atoms with E-state index in [1.165, 1.54) is 4.90 Å². The number of ether oxygens (including phenoxy) is 1. The van der Waals surface area contributed by atoms with Gasteiger partial charge in [0.1, 0.15) is 18.7 Å². The summed E-state index contributed by atoms with van der Waals surface area (Å²) in [7, 11) is 0. The Labute approximate surface area is 180 Å². The van der Waals surface area contributed by atoms with E-state index in [9.17, 15) is 19.5 Å². The topological polar surface area (TPSA) is 95.9 Å². The number of nitrogens with one attached hydrogen (secondary N) is 1. The number of fused-ring (bicyclic) bond motifs is 4. The zero-order chi connectivity index (χ0) is 21.5. The molecule has 3 atom stereocenters. The minimum Gasteiger partial charge on any atom is -0.480 e. The molecule has 0 spiro atoms. The minimum absolute atomic E-state index is 0.0471. The van der Waals surface area contributed by atoms with Crippen molar-refractivity contribution in [3.63, 3.8) is 0 Å². The van der Waals surface area contributed by atoms with Crippen LogP contribution in [0.15, 0.2) is 48.5 Å². The zero-order valence-corrected chi connectivity index (χ0v) is 17.0. The van der Waals surface area contributed by atoms with Gasteiger partial charge in [0.05, 0.1) is 0 Å². The Morgan fingerprint density at radius 1 is 0.968 bits per heavy atom. The highest BCUT2D eigenvalue weighted by molar-refractivity contribution is 5.90. The number of aliphatic carboxylic acids is 1. The van der Waals surface area contributed by atoms with Gasteiger partial charge in [-0.1, -0.05) is 48.5 Å². The summed E-state index contributed by atoms with van der Waals surface area (Å²) in [5.74, 6) is -1.37. The molecule has 0 saturated carbocycles. The molecule has 2 aliphatic heterocycles. The summed E-state index contributed by atoms with van der Waals surface area (Å²) in [6.07, 6.45) is 1.69. The molecule has 2 amide bonds. The maximum atomic E-state index is 12.8. The summed E-state index contributed by atoms with van der Waals surface area (Å²) in [5.41, 5.74) is 4.53. The average Bonchev–Trinajstić information content (AvgIpc) is 3.34. The summed E-state index contributed by atoms with van der Waals surface area (Å²) < 4.78 is 5.54. The molecule has 2 fully saturated rings. The zero-order valence-electron chi connectivity index (χ0n) is 17.0. The highest BCUT2D eigenvalue weighted by Gasteiger charge is 2.46. The standard InChI is InChI=1S/C24H24N2O5/c27-22-20(11-9-14-10-12-21(23(28)29)26(14)22)25-24(30)31-13-19-17-7-3-1-5-15(17)16-6-2-4-8-18(16)19/h1-8,14,19-21H,9-13H2,(H,25,30)(H,28,29)/t14-,20-,21-/m1/s1. The molecule has 7 nitrogen and oxygen atoms in total. The molecule has 160 valence electrons. The lowest BCUT2D eigenvalue weighted by Crippen LogP contribution is -2.57. The van der Waals surface area contributed by atoms with Crippen LogP contribution >= 0.6 is 0 Å². The van der Waals surface area contributed by atoms with E-state index in [0.29, 0.717) is 25.7 Å². The Bertz CT molecular complexity index is 1010. The van der Waals surface area contributed by atoms with Gasteiger partial charge < -0.3 is 20.1 Å². The van der Waals surface area contributed by atoms with Gasteiger partial charge in [0, 0.05) is 12.0 Å². The quantitative estimate of drug-likeness (QED) is 0.792. The predicted octanol–water partition coefficient (Wildman–Crippen LogP) is 3.13. The first-order chi connectivity index (χ1) is 15.0. The van der Waals surface area contributed by atoms with Crippen LogP contribution < -0.4 is 5.32 Å². The Kier molecular flexibility index (Phi) is 4.88. The number of alkyl carbamates (subject to hydrolysis) is 1. The number of carbonyl (C=O) groups excluding carboxylic acids is 2. The van der Waals surface area contributed by atoms with Gasteiger partial charge in [-0.25, -0.2) is 9.59 Å². The van der Waals surface area contributed by atoms with E-state index in [4.69, 9.17) is 4.74 Å². The van der Waals surface area contributed by atoms with E-state index in [1.54, 1.807) is 0 Å². The number of carbonyl (C=O) groups is 3. The molecule has 0 radical (unpaired) electrons. The minimum atomic E-state index is -0.988. The SMILES string of the molecule is O=C(N[C@@H]1CC[C@@H]2CC[C@H](C(=O)O)N2C1=O)OCC1c2ccccc2-c2ccccc21. The first kappa shape index (κ1) is 19.6. The Morgan fingerprint density at radius 2 is 1.58 bits per heavy atom. The molecule has 5 rings (SSSR count). The molecule has 2 heterocycles. The number of amides is 2. The molecule has 2 aromatic rings. The number of rotatable bonds is 4. The van der Waals surface area contributed by atoms with Crippen molar-refractivity contribution < 1.29 is 24.2 Å². The van der Waals surface area contributed by atoms with Crippen molar-refractivity contribution in [2.24, 2.45) is 0 Å². The first-order valence-electron chi connectivity index (χ1n) is 10.7. The number of hydrogen-bond acceptors (Lipinski definition) is 4. The van der Waals surface area contributed by atoms with E-state index in [1.807, 2.05) is 36.4 Å². The lowest BCUT2D eigenvalue weighted by Gasteiger charge is -2.36. The second-order valence-corrected chi connectivity index (χ2v) is 8.43. The van der Waals surface area contributed by atoms with Crippen LogP contribution in [-0.4, -0.2) is 52.7 Å². The van der Waals surface area contributed by atoms with E-state index >= 15 is 0 Å². The van der Waals surface area contributed by atoms with Crippen molar-refractivity contribution in [2.45, 2.75) is 49.7 Å². The van der Waals surface area contributed by atoms with Crippen molar-refractivity contribution in [1.29, 1.82) is 0 Å². The van der Waals surface area contributed by atoms with E-state index in [-0.39, 0.29) is 24.5 Å². The van der Waals surface area contributed by atoms with Gasteiger partial charge in [-0.05, 0) is 47.9 Å². The van der Waals surface area contributed by atoms with Crippen LogP contribution in [0.4, 0.5) is 4.79 Å². The fraction of sp³-hybridized carbons (Fsp3) is 0.375. The van der Waals surface area contributed by atoms with E-state index < -0.39 is 24.1 Å². The summed E-state index contributed by atoms with van der Waals surface area (Å²) in [6, 6.07) is 14.6. The van der Waals surface area contributed by atoms with Gasteiger partial charge in [-0.2, -0.15) is 0 Å². The third-order valence-electron chi connectivity index (χ3n) is 6.76. The lowest BCUT2D eigenvalue weighted by atomic mass is 9.98. The highest BCUT2D eigenvalue weighted by Crippen LogP contribution is 2.44. The number of nitrogens with zero attached hydrogens (tertiary/aromatic N) is 1. The summed E-state index contributed by atoms with van der Waals surface area (Å²) in [4.78, 5) is 38.3. The first-order valence-corrected chi connectivity index (χ1v) is 10.7. The van der Waals surface area contributed by atoms with Crippen molar-refractivity contribution in [3.05, 3.63) is 59.7 Å². The molecule has 2 saturated heterocycles. The Hall–Kier alpha value is -3.35. The number of piperidine rings is 1. The average molecular weight is 420 g/mol. The summed E-state index contributed by atoms with van der Waals surface area (Å²) >= 11 is 0. The predicted molar refractivity (Wildman–Crippen MR) is 113 cm³/mol. The molecule has 0 aromatic heterocycles. The third kappa shape index (κ3) is 3.34. The van der Waals surface area contributed by atoms with Gasteiger partial charge in [-0.15, -0.1) is 0 Å². The van der Waals surface area contributed by atoms with Gasteiger partial charge in [0.15, 0.2) is 0 Å². The molecule has 31 heavy (non-hydrogen) atoms. The van der Waals surface area contributed by atoms with Crippen LogP contribution in [-0.2, 0) is 14.3 Å². The second kappa shape index (κ2) is 7.72. The molecule has 7 heteroatoms. The molecular formula is C24H24N2O5. The fourth-order valence-electron chi connectivity index (χ4n) is 5.32. The number of carboxylic acids is 1. The van der Waals surface area contributed by atoms with Crippen LogP contribution in [0, 0.1) is 0 Å². The van der Waals surface area contributed by atoms with Crippen molar-refractivity contribution >= 4 is 18.0 Å². The maximum Gasteiger partial charge on any atom is 0.407 e. The van der Waals surface area contributed by atoms with Crippen LogP contribution in [0.3, 0.4) is 0 Å². The van der Waals surface area contributed by atoms with E-state index in [0.717, 1.165) is 22.3 Å². The third-order valence-corrected chi connectivity index (χ3v) is 6.76. The van der Waals surface area contributed by atoms with Gasteiger partial charge in [0.25, 0.3) is 0 Å². The van der Waals surface area contributed by atoms with Crippen LogP contribution in [0.1, 0.15) is 42.7 Å². The highest BCUT2D eigenvalue weighted by atomic mass is 16.5. The molecule has 3 aliphatic rings. The van der Waals surface area contributed by atoms with Crippen LogP contribution in [0.5, 0.6) is 0 Å². The molecule has 0 bridgehead atoms. The number of benzene rings is 2. The summed E-state index contributed by atoms with van der Waals surface area (Å²) in [5, 5.41) is 12.1. The van der Waals surface area contributed by atoms with Gasteiger partial charge >= 0.3 is 12.1 Å².